The number of aromatic nitrogens is 5. The summed E-state index contributed by atoms with van der Waals surface area (Å²) in [5.74, 6) is 0.375. The molecule has 176 valence electrons. The van der Waals surface area contributed by atoms with Gasteiger partial charge in [-0.05, 0) is 36.2 Å². The molecule has 0 bridgehead atoms. The molecule has 0 fully saturated rings. The maximum atomic E-state index is 12.8. The third-order valence-electron chi connectivity index (χ3n) is 5.71. The number of nitrogens with zero attached hydrogens (tertiary/aromatic N) is 4. The number of aromatic amines is 2. The first kappa shape index (κ1) is 22.0. The van der Waals surface area contributed by atoms with Gasteiger partial charge in [-0.2, -0.15) is 0 Å². The van der Waals surface area contributed by atoms with Crippen LogP contribution in [0.1, 0.15) is 17.2 Å². The topological polar surface area (TPSA) is 155 Å². The third kappa shape index (κ3) is 4.27. The lowest BCUT2D eigenvalue weighted by molar-refractivity contribution is -0.385. The lowest BCUT2D eigenvalue weighted by atomic mass is 10.1. The predicted octanol–water partition coefficient (Wildman–Crippen LogP) is 3.47. The van der Waals surface area contributed by atoms with Gasteiger partial charge in [-0.15, -0.1) is 0 Å². The number of rotatable bonds is 7. The van der Waals surface area contributed by atoms with Crippen LogP contribution < -0.4 is 10.9 Å². The summed E-state index contributed by atoms with van der Waals surface area (Å²) in [7, 11) is 0. The number of pyridine rings is 1. The second kappa shape index (κ2) is 8.88. The van der Waals surface area contributed by atoms with Crippen molar-refractivity contribution < 1.29 is 10.0 Å². The number of imidazole rings is 2. The average molecular weight is 471 g/mol. The van der Waals surface area contributed by atoms with E-state index in [4.69, 9.17) is 0 Å². The molecule has 11 nitrogen and oxygen atoms in total. The average Bonchev–Trinajstić information content (AvgIpc) is 3.53. The molecule has 0 saturated carbocycles. The molecule has 2 aromatic carbocycles. The number of nitrogens with one attached hydrogen (secondary N) is 3. The van der Waals surface area contributed by atoms with Crippen molar-refractivity contribution in [1.29, 1.82) is 0 Å². The van der Waals surface area contributed by atoms with Crippen molar-refractivity contribution in [2.45, 2.75) is 13.0 Å². The number of nitro benzene ring substituents is 1. The number of benzene rings is 2. The first-order valence-corrected chi connectivity index (χ1v) is 10.8. The number of hydrogen-bond acceptors (Lipinski definition) is 7. The Bertz CT molecular complexity index is 1590. The number of anilines is 1. The highest BCUT2D eigenvalue weighted by Gasteiger charge is 2.18. The standard InChI is InChI=1S/C24H21N7O4/c1-14-9-17(30-8-7-25-13-30)11-19-22(14)29-23(28-19)21-18(5-6-26-24(21)33)27-12-20(32)15-3-2-4-16(10-15)31(34)35/h2-11,13,20,32H,12H2,1H3,(H,28,29)(H2,26,27,33). The molecule has 1 atom stereocenters. The van der Waals surface area contributed by atoms with Gasteiger partial charge in [-0.3, -0.25) is 14.9 Å². The van der Waals surface area contributed by atoms with Gasteiger partial charge in [0.1, 0.15) is 11.4 Å². The van der Waals surface area contributed by atoms with Crippen LogP contribution in [0.2, 0.25) is 0 Å². The Labute approximate surface area is 198 Å². The molecule has 1 unspecified atom stereocenters. The van der Waals surface area contributed by atoms with E-state index in [2.05, 4.69) is 25.3 Å². The maximum absolute atomic E-state index is 12.8. The highest BCUT2D eigenvalue weighted by atomic mass is 16.6. The molecule has 5 aromatic rings. The number of fused-ring (bicyclic) bond motifs is 1. The predicted molar refractivity (Wildman–Crippen MR) is 131 cm³/mol. The normalized spacial score (nSPS) is 12.1. The molecular formula is C24H21N7O4. The second-order valence-electron chi connectivity index (χ2n) is 8.06. The smallest absolute Gasteiger partial charge is 0.269 e. The van der Waals surface area contributed by atoms with Crippen molar-refractivity contribution in [2.75, 3.05) is 11.9 Å². The number of aliphatic hydroxyl groups excluding tert-OH is 1. The minimum atomic E-state index is -1.03. The van der Waals surface area contributed by atoms with Crippen molar-refractivity contribution in [3.05, 3.63) is 99.0 Å². The van der Waals surface area contributed by atoms with E-state index < -0.39 is 11.0 Å². The van der Waals surface area contributed by atoms with E-state index in [9.17, 15) is 20.0 Å². The Morgan fingerprint density at radius 3 is 2.89 bits per heavy atom. The molecule has 3 aromatic heterocycles. The second-order valence-corrected chi connectivity index (χ2v) is 8.06. The van der Waals surface area contributed by atoms with Gasteiger partial charge in [-0.1, -0.05) is 12.1 Å². The molecule has 0 radical (unpaired) electrons. The lowest BCUT2D eigenvalue weighted by Crippen LogP contribution is -2.17. The van der Waals surface area contributed by atoms with E-state index in [0.29, 0.717) is 22.6 Å². The van der Waals surface area contributed by atoms with Crippen LogP contribution in [0.25, 0.3) is 28.1 Å². The SMILES string of the molecule is Cc1cc(-n2ccnc2)cc2[nH]c(-c3c(NCC(O)c4cccc([N+](=O)[O-])c4)cc[nH]c3=O)nc12. The van der Waals surface area contributed by atoms with Crippen LogP contribution in [0.5, 0.6) is 0 Å². The summed E-state index contributed by atoms with van der Waals surface area (Å²) in [5, 5.41) is 24.7. The fraction of sp³-hybridized carbons (Fsp3) is 0.125. The lowest BCUT2D eigenvalue weighted by Gasteiger charge is -2.14. The number of hydrogen-bond donors (Lipinski definition) is 4. The fourth-order valence-corrected chi connectivity index (χ4v) is 3.98. The number of H-pyrrole nitrogens is 2. The van der Waals surface area contributed by atoms with Crippen molar-refractivity contribution in [1.82, 2.24) is 24.5 Å². The van der Waals surface area contributed by atoms with Crippen molar-refractivity contribution in [3.63, 3.8) is 0 Å². The number of aryl methyl sites for hydroxylation is 1. The van der Waals surface area contributed by atoms with Crippen LogP contribution in [0, 0.1) is 17.0 Å². The molecule has 0 aliphatic heterocycles. The van der Waals surface area contributed by atoms with Gasteiger partial charge in [0.2, 0.25) is 0 Å². The van der Waals surface area contributed by atoms with E-state index in [0.717, 1.165) is 22.3 Å². The first-order chi connectivity index (χ1) is 16.9. The quantitative estimate of drug-likeness (QED) is 0.209. The molecule has 5 rings (SSSR count). The Balaban J connectivity index is 1.47. The molecule has 0 aliphatic carbocycles. The first-order valence-electron chi connectivity index (χ1n) is 10.8. The van der Waals surface area contributed by atoms with Crippen LogP contribution in [-0.2, 0) is 0 Å². The highest BCUT2D eigenvalue weighted by Crippen LogP contribution is 2.28. The zero-order chi connectivity index (χ0) is 24.5. The van der Waals surface area contributed by atoms with E-state index in [1.807, 2.05) is 29.8 Å². The van der Waals surface area contributed by atoms with E-state index in [-0.39, 0.29) is 17.8 Å². The van der Waals surface area contributed by atoms with Crippen molar-refractivity contribution in [2.24, 2.45) is 0 Å². The monoisotopic (exact) mass is 471 g/mol. The van der Waals surface area contributed by atoms with Crippen LogP contribution in [0.3, 0.4) is 0 Å². The fourth-order valence-electron chi connectivity index (χ4n) is 3.98. The van der Waals surface area contributed by atoms with Crippen molar-refractivity contribution in [3.8, 4) is 17.1 Å². The zero-order valence-corrected chi connectivity index (χ0v) is 18.6. The number of nitro groups is 1. The van der Waals surface area contributed by atoms with Gasteiger partial charge >= 0.3 is 0 Å². The zero-order valence-electron chi connectivity index (χ0n) is 18.6. The van der Waals surface area contributed by atoms with Crippen LogP contribution in [0.4, 0.5) is 11.4 Å². The Kier molecular flexibility index (Phi) is 5.59. The summed E-state index contributed by atoms with van der Waals surface area (Å²) in [6.45, 7) is 1.97. The summed E-state index contributed by atoms with van der Waals surface area (Å²) in [6, 6.07) is 11.4. The summed E-state index contributed by atoms with van der Waals surface area (Å²) < 4.78 is 1.88. The largest absolute Gasteiger partial charge is 0.387 e. The molecule has 11 heteroatoms. The molecule has 4 N–H and O–H groups in total. The van der Waals surface area contributed by atoms with Crippen LogP contribution >= 0.6 is 0 Å². The third-order valence-corrected chi connectivity index (χ3v) is 5.71. The van der Waals surface area contributed by atoms with Crippen molar-refractivity contribution >= 4 is 22.4 Å². The minimum Gasteiger partial charge on any atom is -0.387 e. The Morgan fingerprint density at radius 2 is 2.11 bits per heavy atom. The molecule has 0 amide bonds. The summed E-state index contributed by atoms with van der Waals surface area (Å²) in [6.07, 6.45) is 5.71. The van der Waals surface area contributed by atoms with Gasteiger partial charge in [0.15, 0.2) is 0 Å². The Morgan fingerprint density at radius 1 is 1.26 bits per heavy atom. The molecular weight excluding hydrogens is 450 g/mol. The summed E-state index contributed by atoms with van der Waals surface area (Å²) in [4.78, 5) is 38.0. The van der Waals surface area contributed by atoms with E-state index >= 15 is 0 Å². The highest BCUT2D eigenvalue weighted by molar-refractivity contribution is 5.86. The number of non-ortho nitro benzene ring substituents is 1. The van der Waals surface area contributed by atoms with Gasteiger partial charge in [0.25, 0.3) is 11.2 Å². The molecule has 35 heavy (non-hydrogen) atoms. The van der Waals surface area contributed by atoms with Crippen LogP contribution in [0.15, 0.2) is 72.2 Å². The van der Waals surface area contributed by atoms with Gasteiger partial charge in [0.05, 0.1) is 34.1 Å². The van der Waals surface area contributed by atoms with E-state index in [1.54, 1.807) is 24.7 Å². The van der Waals surface area contributed by atoms with Crippen LogP contribution in [-0.4, -0.2) is 41.1 Å². The number of aliphatic hydroxyl groups is 1. The minimum absolute atomic E-state index is 0.0294. The molecule has 3 heterocycles. The van der Waals surface area contributed by atoms with Gasteiger partial charge in [0, 0.05) is 43.0 Å². The Hall–Kier alpha value is -4.77. The molecule has 0 spiro atoms. The summed E-state index contributed by atoms with van der Waals surface area (Å²) >= 11 is 0. The van der Waals surface area contributed by atoms with Gasteiger partial charge < -0.3 is 25.0 Å². The maximum Gasteiger partial charge on any atom is 0.269 e. The van der Waals surface area contributed by atoms with Gasteiger partial charge in [-0.25, -0.2) is 9.97 Å². The van der Waals surface area contributed by atoms with E-state index in [1.165, 1.54) is 24.4 Å². The summed E-state index contributed by atoms with van der Waals surface area (Å²) in [5.41, 5.74) is 4.01. The molecule has 0 saturated heterocycles. The molecule has 0 aliphatic rings.